The molecule has 3 heteroatoms. The van der Waals surface area contributed by atoms with Crippen molar-refractivity contribution in [2.75, 3.05) is 6.54 Å². The lowest BCUT2D eigenvalue weighted by Gasteiger charge is -1.99. The van der Waals surface area contributed by atoms with Crippen LogP contribution in [-0.2, 0) is 4.79 Å². The Morgan fingerprint density at radius 2 is 1.56 bits per heavy atom. The molecule has 2 rings (SSSR count). The van der Waals surface area contributed by atoms with Gasteiger partial charge in [0.25, 0.3) is 0 Å². The van der Waals surface area contributed by atoms with E-state index in [-0.39, 0.29) is 6.04 Å². The van der Waals surface area contributed by atoms with Crippen LogP contribution in [0, 0.1) is 12.8 Å². The first-order valence-corrected chi connectivity index (χ1v) is 5.10. The minimum Gasteiger partial charge on any atom is -0.480 e. The molecule has 0 aliphatic carbocycles. The zero-order valence-corrected chi connectivity index (χ0v) is 9.17. The maximum atomic E-state index is 10.1. The first-order valence-electron chi connectivity index (χ1n) is 5.10. The molecule has 1 saturated heterocycles. The standard InChI is InChI=1S/C6H6.C5H9NO2.C2H2/c1-2-4-6-5-3-1;7-5(8)4-2-1-3-6-4;1-2/h1-6H;4,6H,1-3H2,(H,7,8);1-2H/t;4-;/m.0./s1. The highest BCUT2D eigenvalue weighted by atomic mass is 16.4. The summed E-state index contributed by atoms with van der Waals surface area (Å²) in [5.74, 6) is -0.720. The summed E-state index contributed by atoms with van der Waals surface area (Å²) in [4.78, 5) is 10.1. The lowest BCUT2D eigenvalue weighted by Crippen LogP contribution is -2.29. The summed E-state index contributed by atoms with van der Waals surface area (Å²) < 4.78 is 0. The van der Waals surface area contributed by atoms with Gasteiger partial charge < -0.3 is 10.4 Å². The van der Waals surface area contributed by atoms with Crippen LogP contribution in [0.25, 0.3) is 0 Å². The Labute approximate surface area is 96.5 Å². The van der Waals surface area contributed by atoms with Gasteiger partial charge in [-0.15, -0.1) is 12.8 Å². The van der Waals surface area contributed by atoms with Crippen molar-refractivity contribution in [2.24, 2.45) is 0 Å². The van der Waals surface area contributed by atoms with E-state index in [9.17, 15) is 4.79 Å². The van der Waals surface area contributed by atoms with E-state index in [4.69, 9.17) is 5.11 Å². The first kappa shape index (κ1) is 14.2. The molecule has 3 nitrogen and oxygen atoms in total. The topological polar surface area (TPSA) is 49.3 Å². The van der Waals surface area contributed by atoms with Crippen molar-refractivity contribution in [3.8, 4) is 12.8 Å². The van der Waals surface area contributed by atoms with E-state index >= 15 is 0 Å². The highest BCUT2D eigenvalue weighted by molar-refractivity contribution is 5.73. The van der Waals surface area contributed by atoms with E-state index in [1.54, 1.807) is 0 Å². The van der Waals surface area contributed by atoms with Crippen molar-refractivity contribution >= 4 is 5.97 Å². The molecule has 0 bridgehead atoms. The number of carbonyl (C=O) groups is 1. The van der Waals surface area contributed by atoms with Gasteiger partial charge in [-0.2, -0.15) is 0 Å². The number of hydrogen-bond acceptors (Lipinski definition) is 2. The summed E-state index contributed by atoms with van der Waals surface area (Å²) in [7, 11) is 0. The third-order valence-corrected chi connectivity index (χ3v) is 2.03. The molecule has 2 N–H and O–H groups in total. The van der Waals surface area contributed by atoms with E-state index in [1.807, 2.05) is 36.4 Å². The number of hydrogen-bond donors (Lipinski definition) is 2. The van der Waals surface area contributed by atoms with Crippen molar-refractivity contribution < 1.29 is 9.90 Å². The van der Waals surface area contributed by atoms with Crippen LogP contribution in [0.3, 0.4) is 0 Å². The Hall–Kier alpha value is -1.79. The molecule has 1 aromatic carbocycles. The normalized spacial score (nSPS) is 17.2. The number of rotatable bonds is 1. The van der Waals surface area contributed by atoms with Crippen molar-refractivity contribution in [2.45, 2.75) is 18.9 Å². The molecule has 0 unspecified atom stereocenters. The van der Waals surface area contributed by atoms with Crippen LogP contribution in [0.1, 0.15) is 12.8 Å². The van der Waals surface area contributed by atoms with E-state index in [0.717, 1.165) is 19.4 Å². The summed E-state index contributed by atoms with van der Waals surface area (Å²) in [5, 5.41) is 11.2. The second-order valence-corrected chi connectivity index (χ2v) is 3.14. The number of carboxylic acid groups (broad SMARTS) is 1. The lowest BCUT2D eigenvalue weighted by atomic mass is 10.2. The van der Waals surface area contributed by atoms with Crippen LogP contribution < -0.4 is 5.32 Å². The molecule has 1 fully saturated rings. The Kier molecular flexibility index (Phi) is 8.66. The third-order valence-electron chi connectivity index (χ3n) is 2.03. The molecule has 0 spiro atoms. The first-order chi connectivity index (χ1) is 7.80. The number of aliphatic carboxylic acids is 1. The third kappa shape index (κ3) is 6.63. The number of carboxylic acids is 1. The van der Waals surface area contributed by atoms with Gasteiger partial charge >= 0.3 is 5.97 Å². The number of nitrogens with one attached hydrogen (secondary N) is 1. The Morgan fingerprint density at radius 1 is 1.12 bits per heavy atom. The molecule has 0 amide bonds. The van der Waals surface area contributed by atoms with Crippen molar-refractivity contribution in [1.82, 2.24) is 5.32 Å². The van der Waals surface area contributed by atoms with Crippen LogP contribution in [-0.4, -0.2) is 23.7 Å². The molecule has 0 radical (unpaired) electrons. The molecule has 1 aliphatic rings. The smallest absolute Gasteiger partial charge is 0.320 e. The Morgan fingerprint density at radius 3 is 1.75 bits per heavy atom. The second kappa shape index (κ2) is 9.75. The van der Waals surface area contributed by atoms with Crippen LogP contribution in [0.4, 0.5) is 0 Å². The predicted molar refractivity (Wildman–Crippen MR) is 65.0 cm³/mol. The zero-order chi connectivity index (χ0) is 12.2. The van der Waals surface area contributed by atoms with Crippen LogP contribution in [0.15, 0.2) is 36.4 Å². The number of terminal acetylenes is 1. The average molecular weight is 219 g/mol. The van der Waals surface area contributed by atoms with Gasteiger partial charge in [0.05, 0.1) is 0 Å². The molecule has 16 heavy (non-hydrogen) atoms. The molecule has 1 atom stereocenters. The summed E-state index contributed by atoms with van der Waals surface area (Å²) in [6.45, 7) is 0.858. The lowest BCUT2D eigenvalue weighted by molar-refractivity contribution is -0.139. The zero-order valence-electron chi connectivity index (χ0n) is 9.17. The molecular weight excluding hydrogens is 202 g/mol. The fourth-order valence-electron chi connectivity index (χ4n) is 1.28. The Bertz CT molecular complexity index is 263. The summed E-state index contributed by atoms with van der Waals surface area (Å²) in [6.07, 6.45) is 9.78. The van der Waals surface area contributed by atoms with E-state index < -0.39 is 5.97 Å². The van der Waals surface area contributed by atoms with E-state index in [1.165, 1.54) is 0 Å². The minimum absolute atomic E-state index is 0.269. The van der Waals surface area contributed by atoms with Gasteiger partial charge in [0, 0.05) is 0 Å². The van der Waals surface area contributed by atoms with Crippen molar-refractivity contribution in [3.05, 3.63) is 36.4 Å². The number of benzene rings is 1. The SMILES string of the molecule is C#C.O=C(O)[C@@H]1CCCN1.c1ccccc1. The molecule has 0 aromatic heterocycles. The van der Waals surface area contributed by atoms with Gasteiger partial charge in [0.1, 0.15) is 6.04 Å². The fraction of sp³-hybridized carbons (Fsp3) is 0.308. The fourth-order valence-corrected chi connectivity index (χ4v) is 1.28. The van der Waals surface area contributed by atoms with Crippen molar-refractivity contribution in [1.29, 1.82) is 0 Å². The van der Waals surface area contributed by atoms with Gasteiger partial charge in [-0.05, 0) is 19.4 Å². The van der Waals surface area contributed by atoms with Crippen molar-refractivity contribution in [3.63, 3.8) is 0 Å². The molecular formula is C13H17NO2. The van der Waals surface area contributed by atoms with Gasteiger partial charge in [0.15, 0.2) is 0 Å². The minimum atomic E-state index is -0.720. The van der Waals surface area contributed by atoms with Crippen LogP contribution in [0.5, 0.6) is 0 Å². The quantitative estimate of drug-likeness (QED) is 0.708. The maximum absolute atomic E-state index is 10.1. The maximum Gasteiger partial charge on any atom is 0.320 e. The Balaban J connectivity index is 0.000000251. The monoisotopic (exact) mass is 219 g/mol. The van der Waals surface area contributed by atoms with Gasteiger partial charge in [0.2, 0.25) is 0 Å². The van der Waals surface area contributed by atoms with Crippen LogP contribution >= 0.6 is 0 Å². The molecule has 1 heterocycles. The average Bonchev–Trinajstić information content (AvgIpc) is 2.88. The molecule has 86 valence electrons. The van der Waals surface area contributed by atoms with E-state index in [0.29, 0.717) is 0 Å². The van der Waals surface area contributed by atoms with E-state index in [2.05, 4.69) is 18.2 Å². The summed E-state index contributed by atoms with van der Waals surface area (Å²) in [5.41, 5.74) is 0. The molecule has 1 aliphatic heterocycles. The molecule has 1 aromatic rings. The van der Waals surface area contributed by atoms with Gasteiger partial charge in [-0.3, -0.25) is 4.79 Å². The van der Waals surface area contributed by atoms with Gasteiger partial charge in [-0.25, -0.2) is 0 Å². The highest BCUT2D eigenvalue weighted by Gasteiger charge is 2.20. The largest absolute Gasteiger partial charge is 0.480 e. The summed E-state index contributed by atoms with van der Waals surface area (Å²) in [6, 6.07) is 11.7. The van der Waals surface area contributed by atoms with Gasteiger partial charge in [-0.1, -0.05) is 36.4 Å². The molecule has 0 saturated carbocycles. The van der Waals surface area contributed by atoms with Crippen LogP contribution in [0.2, 0.25) is 0 Å². The predicted octanol–water partition coefficient (Wildman–Crippen LogP) is 1.76. The second-order valence-electron chi connectivity index (χ2n) is 3.14. The summed E-state index contributed by atoms with van der Waals surface area (Å²) >= 11 is 0. The highest BCUT2D eigenvalue weighted by Crippen LogP contribution is 2.03.